The van der Waals surface area contributed by atoms with Crippen molar-refractivity contribution in [1.82, 2.24) is 0 Å². The van der Waals surface area contributed by atoms with E-state index >= 15 is 0 Å². The molecule has 1 N–H and O–H groups in total. The zero-order chi connectivity index (χ0) is 15.1. The van der Waals surface area contributed by atoms with Gasteiger partial charge >= 0.3 is 11.9 Å². The van der Waals surface area contributed by atoms with Crippen LogP contribution in [0, 0.1) is 17.2 Å². The van der Waals surface area contributed by atoms with Crippen LogP contribution in [0.1, 0.15) is 59.3 Å². The van der Waals surface area contributed by atoms with Gasteiger partial charge < -0.3 is 9.84 Å². The Labute approximate surface area is 115 Å². The lowest BCUT2D eigenvalue weighted by Crippen LogP contribution is -2.14. The fourth-order valence-electron chi connectivity index (χ4n) is 1.32. The molecule has 0 aliphatic heterocycles. The van der Waals surface area contributed by atoms with E-state index in [4.69, 9.17) is 15.1 Å². The van der Waals surface area contributed by atoms with Gasteiger partial charge in [-0.15, -0.1) is 0 Å². The smallest absolute Gasteiger partial charge is 0.308 e. The van der Waals surface area contributed by atoms with Crippen LogP contribution < -0.4 is 0 Å². The van der Waals surface area contributed by atoms with Crippen LogP contribution in [-0.4, -0.2) is 23.7 Å². The highest BCUT2D eigenvalue weighted by Crippen LogP contribution is 2.06. The van der Waals surface area contributed by atoms with Crippen molar-refractivity contribution in [2.45, 2.75) is 59.3 Å². The SMILES string of the molecule is CCCC(C)C(=O)OCC.N#CCCCCC(=O)O. The van der Waals surface area contributed by atoms with E-state index in [1.54, 1.807) is 0 Å². The molecule has 5 nitrogen and oxygen atoms in total. The first-order chi connectivity index (χ1) is 8.99. The Hall–Kier alpha value is -1.57. The van der Waals surface area contributed by atoms with Gasteiger partial charge in [0.1, 0.15) is 0 Å². The molecule has 0 aliphatic rings. The second kappa shape index (κ2) is 14.5. The van der Waals surface area contributed by atoms with Crippen LogP contribution in [0.3, 0.4) is 0 Å². The number of hydrogen-bond donors (Lipinski definition) is 1. The average molecular weight is 271 g/mol. The van der Waals surface area contributed by atoms with E-state index in [2.05, 4.69) is 6.92 Å². The number of rotatable bonds is 8. The van der Waals surface area contributed by atoms with Crippen LogP contribution in [0.5, 0.6) is 0 Å². The van der Waals surface area contributed by atoms with Gasteiger partial charge in [0.05, 0.1) is 18.6 Å². The molecule has 1 atom stereocenters. The van der Waals surface area contributed by atoms with E-state index in [-0.39, 0.29) is 18.3 Å². The number of carbonyl (C=O) groups is 2. The van der Waals surface area contributed by atoms with Gasteiger partial charge in [0, 0.05) is 12.8 Å². The highest BCUT2D eigenvalue weighted by Gasteiger charge is 2.11. The molecule has 1 unspecified atom stereocenters. The number of aliphatic carboxylic acids is 1. The molecule has 0 bridgehead atoms. The molecular weight excluding hydrogens is 246 g/mol. The summed E-state index contributed by atoms with van der Waals surface area (Å²) in [6.07, 6.45) is 3.93. The molecule has 0 spiro atoms. The fraction of sp³-hybridized carbons (Fsp3) is 0.786. The minimum atomic E-state index is -0.784. The first-order valence-corrected chi connectivity index (χ1v) is 6.74. The summed E-state index contributed by atoms with van der Waals surface area (Å²) in [5.41, 5.74) is 0. The summed E-state index contributed by atoms with van der Waals surface area (Å²) < 4.78 is 4.82. The lowest BCUT2D eigenvalue weighted by molar-refractivity contribution is -0.147. The summed E-state index contributed by atoms with van der Waals surface area (Å²) in [7, 11) is 0. The largest absolute Gasteiger partial charge is 0.481 e. The maximum absolute atomic E-state index is 10.9. The standard InChI is InChI=1S/C8H16O2.C6H9NO2/c1-4-6-7(3)8(9)10-5-2;7-5-3-1-2-4-6(8)9/h7H,4-6H2,1-3H3;1-4H2,(H,8,9). The maximum atomic E-state index is 10.9. The Bertz CT molecular complexity index is 284. The molecule has 0 amide bonds. The highest BCUT2D eigenvalue weighted by molar-refractivity contribution is 5.71. The molecule has 0 fully saturated rings. The molecule has 0 saturated heterocycles. The number of carboxylic acids is 1. The Morgan fingerprint density at radius 3 is 2.37 bits per heavy atom. The van der Waals surface area contributed by atoms with Gasteiger partial charge in [-0.3, -0.25) is 9.59 Å². The molecule has 0 aromatic heterocycles. The van der Waals surface area contributed by atoms with Crippen molar-refractivity contribution in [3.05, 3.63) is 0 Å². The van der Waals surface area contributed by atoms with Crippen molar-refractivity contribution in [3.63, 3.8) is 0 Å². The predicted octanol–water partition coefficient (Wildman–Crippen LogP) is 3.14. The van der Waals surface area contributed by atoms with E-state index in [0.717, 1.165) is 12.8 Å². The lowest BCUT2D eigenvalue weighted by atomic mass is 10.1. The number of nitrogens with zero attached hydrogens (tertiary/aromatic N) is 1. The van der Waals surface area contributed by atoms with Crippen LogP contribution in [0.2, 0.25) is 0 Å². The Balaban J connectivity index is 0. The van der Waals surface area contributed by atoms with Crippen LogP contribution in [0.25, 0.3) is 0 Å². The zero-order valence-electron chi connectivity index (χ0n) is 12.1. The summed E-state index contributed by atoms with van der Waals surface area (Å²) >= 11 is 0. The normalized spacial score (nSPS) is 10.6. The van der Waals surface area contributed by atoms with Gasteiger partial charge in [-0.05, 0) is 26.2 Å². The lowest BCUT2D eigenvalue weighted by Gasteiger charge is -2.07. The molecule has 0 aromatic carbocycles. The molecule has 0 heterocycles. The van der Waals surface area contributed by atoms with E-state index in [0.29, 0.717) is 25.9 Å². The average Bonchev–Trinajstić information content (AvgIpc) is 2.36. The molecule has 0 radical (unpaired) electrons. The van der Waals surface area contributed by atoms with E-state index in [1.165, 1.54) is 0 Å². The second-order valence-corrected chi connectivity index (χ2v) is 4.20. The first kappa shape index (κ1) is 19.8. The number of esters is 1. The minimum absolute atomic E-state index is 0.0654. The molecule has 0 aromatic rings. The number of carboxylic acid groups (broad SMARTS) is 1. The third kappa shape index (κ3) is 16.4. The topological polar surface area (TPSA) is 87.4 Å². The Morgan fingerprint density at radius 2 is 1.95 bits per heavy atom. The molecule has 5 heteroatoms. The number of unbranched alkanes of at least 4 members (excludes halogenated alkanes) is 2. The van der Waals surface area contributed by atoms with Gasteiger partial charge in [-0.25, -0.2) is 0 Å². The summed E-state index contributed by atoms with van der Waals surface area (Å²) in [5.74, 6) is -0.776. The van der Waals surface area contributed by atoms with Gasteiger partial charge in [0.15, 0.2) is 0 Å². The Kier molecular flexibility index (Phi) is 15.1. The van der Waals surface area contributed by atoms with Crippen molar-refractivity contribution in [1.29, 1.82) is 5.26 Å². The van der Waals surface area contributed by atoms with Crippen molar-refractivity contribution >= 4 is 11.9 Å². The molecule has 110 valence electrons. The van der Waals surface area contributed by atoms with Crippen molar-refractivity contribution in [2.75, 3.05) is 6.61 Å². The number of nitriles is 1. The van der Waals surface area contributed by atoms with Gasteiger partial charge in [0.25, 0.3) is 0 Å². The van der Waals surface area contributed by atoms with E-state index < -0.39 is 5.97 Å². The second-order valence-electron chi connectivity index (χ2n) is 4.20. The minimum Gasteiger partial charge on any atom is -0.481 e. The third-order valence-corrected chi connectivity index (χ3v) is 2.34. The zero-order valence-corrected chi connectivity index (χ0v) is 12.1. The number of carbonyl (C=O) groups excluding carboxylic acids is 1. The molecule has 0 rings (SSSR count). The van der Waals surface area contributed by atoms with Crippen LogP contribution >= 0.6 is 0 Å². The van der Waals surface area contributed by atoms with E-state index in [1.807, 2.05) is 19.9 Å². The van der Waals surface area contributed by atoms with Gasteiger partial charge in [0.2, 0.25) is 0 Å². The number of ether oxygens (including phenoxy) is 1. The highest BCUT2D eigenvalue weighted by atomic mass is 16.5. The summed E-state index contributed by atoms with van der Waals surface area (Å²) in [6.45, 7) is 6.29. The van der Waals surface area contributed by atoms with Crippen molar-refractivity contribution in [3.8, 4) is 6.07 Å². The molecule has 19 heavy (non-hydrogen) atoms. The summed E-state index contributed by atoms with van der Waals surface area (Å²) in [5, 5.41) is 16.2. The van der Waals surface area contributed by atoms with Crippen LogP contribution in [0.4, 0.5) is 0 Å². The van der Waals surface area contributed by atoms with Crippen molar-refractivity contribution in [2.24, 2.45) is 5.92 Å². The van der Waals surface area contributed by atoms with Gasteiger partial charge in [-0.1, -0.05) is 20.3 Å². The molecular formula is C14H25NO4. The summed E-state index contributed by atoms with van der Waals surface area (Å²) in [4.78, 5) is 20.8. The number of hydrogen-bond acceptors (Lipinski definition) is 4. The maximum Gasteiger partial charge on any atom is 0.308 e. The molecule has 0 saturated carbocycles. The van der Waals surface area contributed by atoms with E-state index in [9.17, 15) is 9.59 Å². The third-order valence-electron chi connectivity index (χ3n) is 2.34. The fourth-order valence-corrected chi connectivity index (χ4v) is 1.32. The Morgan fingerprint density at radius 1 is 1.32 bits per heavy atom. The summed E-state index contributed by atoms with van der Waals surface area (Å²) in [6, 6.07) is 1.95. The quantitative estimate of drug-likeness (QED) is 0.541. The van der Waals surface area contributed by atoms with Gasteiger partial charge in [-0.2, -0.15) is 5.26 Å². The predicted molar refractivity (Wildman–Crippen MR) is 72.4 cm³/mol. The van der Waals surface area contributed by atoms with Crippen LogP contribution in [-0.2, 0) is 14.3 Å². The van der Waals surface area contributed by atoms with Crippen LogP contribution in [0.15, 0.2) is 0 Å². The van der Waals surface area contributed by atoms with Crippen molar-refractivity contribution < 1.29 is 19.4 Å². The molecule has 0 aliphatic carbocycles. The monoisotopic (exact) mass is 271 g/mol. The first-order valence-electron chi connectivity index (χ1n) is 6.74.